The van der Waals surface area contributed by atoms with Gasteiger partial charge in [0.1, 0.15) is 17.3 Å². The number of nitrogens with zero attached hydrogens (tertiary/aromatic N) is 3. The van der Waals surface area contributed by atoms with E-state index in [9.17, 15) is 4.79 Å². The van der Waals surface area contributed by atoms with Crippen LogP contribution in [0, 0.1) is 6.92 Å². The van der Waals surface area contributed by atoms with Crippen molar-refractivity contribution in [3.63, 3.8) is 0 Å². The first-order valence-corrected chi connectivity index (χ1v) is 9.51. The smallest absolute Gasteiger partial charge is 0.273 e. The maximum Gasteiger partial charge on any atom is 0.273 e. The van der Waals surface area contributed by atoms with E-state index in [-0.39, 0.29) is 11.9 Å². The van der Waals surface area contributed by atoms with Crippen molar-refractivity contribution in [3.8, 4) is 0 Å². The van der Waals surface area contributed by atoms with E-state index in [2.05, 4.69) is 15.3 Å². The maximum absolute atomic E-state index is 13.2. The van der Waals surface area contributed by atoms with Crippen molar-refractivity contribution in [3.05, 3.63) is 89.4 Å². The number of aromatic nitrogens is 2. The molecule has 2 aromatic carbocycles. The van der Waals surface area contributed by atoms with Gasteiger partial charge in [-0.2, -0.15) is 0 Å². The van der Waals surface area contributed by atoms with E-state index in [4.69, 9.17) is 0 Å². The lowest BCUT2D eigenvalue weighted by Crippen LogP contribution is -2.37. The SMILES string of the molecule is Cc1nc(NCc2ccccc2)cc(C(=O)N(Cc2ccccc2)C(C)C)n1. The van der Waals surface area contributed by atoms with E-state index in [1.54, 1.807) is 13.0 Å². The second-order valence-electron chi connectivity index (χ2n) is 7.04. The Balaban J connectivity index is 1.78. The molecule has 0 radical (unpaired) electrons. The minimum absolute atomic E-state index is 0.0590. The van der Waals surface area contributed by atoms with Crippen LogP contribution in [0.5, 0.6) is 0 Å². The summed E-state index contributed by atoms with van der Waals surface area (Å²) in [6, 6.07) is 21.9. The molecule has 0 saturated carbocycles. The lowest BCUT2D eigenvalue weighted by molar-refractivity contribution is 0.0684. The van der Waals surface area contributed by atoms with E-state index in [0.717, 1.165) is 11.1 Å². The highest BCUT2D eigenvalue weighted by atomic mass is 16.2. The fourth-order valence-corrected chi connectivity index (χ4v) is 2.97. The number of carbonyl (C=O) groups is 1. The van der Waals surface area contributed by atoms with Crippen molar-refractivity contribution in [2.24, 2.45) is 0 Å². The molecule has 5 nitrogen and oxygen atoms in total. The number of hydrogen-bond acceptors (Lipinski definition) is 4. The fraction of sp³-hybridized carbons (Fsp3) is 0.261. The Morgan fingerprint density at radius 1 is 0.964 bits per heavy atom. The summed E-state index contributed by atoms with van der Waals surface area (Å²) in [5.74, 6) is 1.14. The van der Waals surface area contributed by atoms with Crippen LogP contribution in [-0.4, -0.2) is 26.8 Å². The van der Waals surface area contributed by atoms with Gasteiger partial charge in [-0.15, -0.1) is 0 Å². The Kier molecular flexibility index (Phi) is 6.37. The first-order chi connectivity index (χ1) is 13.5. The number of benzene rings is 2. The van der Waals surface area contributed by atoms with E-state index in [1.165, 1.54) is 0 Å². The normalized spacial score (nSPS) is 10.7. The summed E-state index contributed by atoms with van der Waals surface area (Å²) in [5.41, 5.74) is 2.66. The van der Waals surface area contributed by atoms with Gasteiger partial charge in [-0.3, -0.25) is 4.79 Å². The van der Waals surface area contributed by atoms with Gasteiger partial charge in [-0.25, -0.2) is 9.97 Å². The minimum atomic E-state index is -0.0906. The molecule has 144 valence electrons. The Morgan fingerprint density at radius 2 is 1.57 bits per heavy atom. The van der Waals surface area contributed by atoms with E-state index in [1.807, 2.05) is 79.4 Å². The van der Waals surface area contributed by atoms with Crippen molar-refractivity contribution >= 4 is 11.7 Å². The minimum Gasteiger partial charge on any atom is -0.366 e. The summed E-state index contributed by atoms with van der Waals surface area (Å²) in [6.45, 7) is 7.03. The van der Waals surface area contributed by atoms with Gasteiger partial charge < -0.3 is 10.2 Å². The largest absolute Gasteiger partial charge is 0.366 e. The van der Waals surface area contributed by atoms with Crippen LogP contribution >= 0.6 is 0 Å². The fourth-order valence-electron chi connectivity index (χ4n) is 2.97. The van der Waals surface area contributed by atoms with Crippen LogP contribution in [0.4, 0.5) is 5.82 Å². The van der Waals surface area contributed by atoms with Gasteiger partial charge in [0.15, 0.2) is 0 Å². The molecule has 1 N–H and O–H groups in total. The molecule has 0 spiro atoms. The van der Waals surface area contributed by atoms with Crippen LogP contribution in [0.2, 0.25) is 0 Å². The average Bonchev–Trinajstić information content (AvgIpc) is 2.71. The van der Waals surface area contributed by atoms with Gasteiger partial charge in [-0.1, -0.05) is 60.7 Å². The van der Waals surface area contributed by atoms with Gasteiger partial charge in [0.05, 0.1) is 0 Å². The molecule has 0 bridgehead atoms. The first-order valence-electron chi connectivity index (χ1n) is 9.51. The van der Waals surface area contributed by atoms with Crippen LogP contribution in [0.15, 0.2) is 66.7 Å². The quantitative estimate of drug-likeness (QED) is 0.664. The molecule has 28 heavy (non-hydrogen) atoms. The zero-order valence-electron chi connectivity index (χ0n) is 16.6. The van der Waals surface area contributed by atoms with Gasteiger partial charge in [0.2, 0.25) is 0 Å². The highest BCUT2D eigenvalue weighted by molar-refractivity contribution is 5.93. The summed E-state index contributed by atoms with van der Waals surface area (Å²) in [5, 5.41) is 3.29. The molecular weight excluding hydrogens is 348 g/mol. The molecule has 1 amide bonds. The van der Waals surface area contributed by atoms with Crippen LogP contribution in [0.3, 0.4) is 0 Å². The maximum atomic E-state index is 13.2. The lowest BCUT2D eigenvalue weighted by atomic mass is 10.1. The molecule has 1 heterocycles. The van der Waals surface area contributed by atoms with E-state index in [0.29, 0.717) is 30.4 Å². The monoisotopic (exact) mass is 374 g/mol. The second kappa shape index (κ2) is 9.13. The predicted octanol–water partition coefficient (Wildman–Crippen LogP) is 4.45. The van der Waals surface area contributed by atoms with E-state index < -0.39 is 0 Å². The Hall–Kier alpha value is -3.21. The zero-order valence-corrected chi connectivity index (χ0v) is 16.6. The van der Waals surface area contributed by atoms with Gasteiger partial charge >= 0.3 is 0 Å². The molecule has 5 heteroatoms. The van der Waals surface area contributed by atoms with Crippen LogP contribution in [0.25, 0.3) is 0 Å². The Bertz CT molecular complexity index is 910. The van der Waals surface area contributed by atoms with Crippen molar-refractivity contribution in [2.75, 3.05) is 5.32 Å². The second-order valence-corrected chi connectivity index (χ2v) is 7.04. The van der Waals surface area contributed by atoms with Gasteiger partial charge in [-0.05, 0) is 31.9 Å². The summed E-state index contributed by atoms with van der Waals surface area (Å²) in [4.78, 5) is 23.8. The molecule has 0 atom stereocenters. The van der Waals surface area contributed by atoms with Gasteiger partial charge in [0, 0.05) is 25.2 Å². The standard InChI is InChI=1S/C23H26N4O/c1-17(2)27(16-20-12-8-5-9-13-20)23(28)21-14-22(26-18(3)25-21)24-15-19-10-6-4-7-11-19/h4-14,17H,15-16H2,1-3H3,(H,24,25,26). The summed E-state index contributed by atoms with van der Waals surface area (Å²) in [6.07, 6.45) is 0. The number of carbonyl (C=O) groups excluding carboxylic acids is 1. The first kappa shape index (κ1) is 19.5. The van der Waals surface area contributed by atoms with Crippen LogP contribution < -0.4 is 5.32 Å². The Morgan fingerprint density at radius 3 is 2.18 bits per heavy atom. The molecule has 0 aliphatic heterocycles. The van der Waals surface area contributed by atoms with Crippen molar-refractivity contribution in [1.29, 1.82) is 0 Å². The lowest BCUT2D eigenvalue weighted by Gasteiger charge is -2.26. The van der Waals surface area contributed by atoms with Crippen molar-refractivity contribution < 1.29 is 4.79 Å². The van der Waals surface area contributed by atoms with Crippen molar-refractivity contribution in [2.45, 2.75) is 39.9 Å². The molecule has 0 aliphatic rings. The van der Waals surface area contributed by atoms with Gasteiger partial charge in [0.25, 0.3) is 5.91 Å². The molecule has 3 rings (SSSR count). The summed E-state index contributed by atoms with van der Waals surface area (Å²) >= 11 is 0. The molecular formula is C23H26N4O. The molecule has 0 unspecified atom stereocenters. The third kappa shape index (κ3) is 5.16. The molecule has 0 saturated heterocycles. The summed E-state index contributed by atoms with van der Waals surface area (Å²) in [7, 11) is 0. The van der Waals surface area contributed by atoms with Crippen LogP contribution in [-0.2, 0) is 13.1 Å². The Labute approximate surface area is 166 Å². The number of amides is 1. The molecule has 0 fully saturated rings. The number of anilines is 1. The number of rotatable bonds is 7. The van der Waals surface area contributed by atoms with Crippen LogP contribution in [0.1, 0.15) is 41.3 Å². The van der Waals surface area contributed by atoms with Crippen molar-refractivity contribution in [1.82, 2.24) is 14.9 Å². The van der Waals surface area contributed by atoms with E-state index >= 15 is 0 Å². The highest BCUT2D eigenvalue weighted by Crippen LogP contribution is 2.15. The number of aryl methyl sites for hydroxylation is 1. The third-order valence-electron chi connectivity index (χ3n) is 4.45. The molecule has 3 aromatic rings. The average molecular weight is 374 g/mol. The number of hydrogen-bond donors (Lipinski definition) is 1. The topological polar surface area (TPSA) is 58.1 Å². The zero-order chi connectivity index (χ0) is 19.9. The molecule has 0 aliphatic carbocycles. The summed E-state index contributed by atoms with van der Waals surface area (Å²) < 4.78 is 0. The highest BCUT2D eigenvalue weighted by Gasteiger charge is 2.21. The number of nitrogens with one attached hydrogen (secondary N) is 1. The predicted molar refractivity (Wildman–Crippen MR) is 112 cm³/mol. The molecule has 1 aromatic heterocycles. The third-order valence-corrected chi connectivity index (χ3v) is 4.45.